The van der Waals surface area contributed by atoms with Gasteiger partial charge in [-0.15, -0.1) is 11.8 Å². The van der Waals surface area contributed by atoms with Crippen molar-refractivity contribution in [1.82, 2.24) is 0 Å². The third-order valence-corrected chi connectivity index (χ3v) is 4.82. The summed E-state index contributed by atoms with van der Waals surface area (Å²) in [6.07, 6.45) is 1.69. The molecule has 1 aromatic carbocycles. The molecule has 0 aromatic heterocycles. The summed E-state index contributed by atoms with van der Waals surface area (Å²) < 4.78 is 0.153. The molecule has 4 nitrogen and oxygen atoms in total. The molecule has 0 radical (unpaired) electrons. The number of carboxylic acid groups (broad SMARTS) is 1. The zero-order valence-electron chi connectivity index (χ0n) is 13.3. The molecule has 1 amide bonds. The van der Waals surface area contributed by atoms with Gasteiger partial charge in [0.2, 0.25) is 5.91 Å². The number of anilines is 1. The number of amides is 1. The molecule has 0 bridgehead atoms. The topological polar surface area (TPSA) is 66.4 Å². The van der Waals surface area contributed by atoms with E-state index in [4.69, 9.17) is 5.11 Å². The van der Waals surface area contributed by atoms with Crippen molar-refractivity contribution >= 4 is 29.3 Å². The number of nitrogens with one attached hydrogen (secondary N) is 1. The highest BCUT2D eigenvalue weighted by Crippen LogP contribution is 2.33. The molecule has 0 aliphatic heterocycles. The van der Waals surface area contributed by atoms with E-state index in [-0.39, 0.29) is 22.5 Å². The number of rotatable bonds is 4. The molecule has 1 fully saturated rings. The molecule has 2 rings (SSSR count). The SMILES string of the molecule is CC(C)(C)Sc1ccc(NC(=O)[C@@H]2CC[C@H](C(=O)O)C2)cc1. The molecule has 1 aliphatic carbocycles. The second kappa shape index (κ2) is 6.73. The average molecular weight is 321 g/mol. The van der Waals surface area contributed by atoms with Crippen LogP contribution in [0, 0.1) is 11.8 Å². The summed E-state index contributed by atoms with van der Waals surface area (Å²) in [6, 6.07) is 7.80. The van der Waals surface area contributed by atoms with Crippen LogP contribution in [0.25, 0.3) is 0 Å². The zero-order valence-corrected chi connectivity index (χ0v) is 14.1. The Bertz CT molecular complexity index is 548. The first-order valence-corrected chi connectivity index (χ1v) is 8.39. The zero-order chi connectivity index (χ0) is 16.3. The lowest BCUT2D eigenvalue weighted by atomic mass is 10.0. The molecular formula is C17H23NO3S. The fourth-order valence-corrected chi connectivity index (χ4v) is 3.63. The molecule has 1 saturated carbocycles. The monoisotopic (exact) mass is 321 g/mol. The lowest BCUT2D eigenvalue weighted by molar-refractivity contribution is -0.141. The Morgan fingerprint density at radius 1 is 1.14 bits per heavy atom. The highest BCUT2D eigenvalue weighted by molar-refractivity contribution is 8.00. The van der Waals surface area contributed by atoms with Crippen molar-refractivity contribution in [1.29, 1.82) is 0 Å². The highest BCUT2D eigenvalue weighted by atomic mass is 32.2. The van der Waals surface area contributed by atoms with E-state index >= 15 is 0 Å². The van der Waals surface area contributed by atoms with Crippen LogP contribution in [0.4, 0.5) is 5.69 Å². The number of benzene rings is 1. The molecule has 120 valence electrons. The molecule has 2 atom stereocenters. The summed E-state index contributed by atoms with van der Waals surface area (Å²) in [5.74, 6) is -1.43. The Morgan fingerprint density at radius 2 is 1.73 bits per heavy atom. The molecule has 0 saturated heterocycles. The maximum atomic E-state index is 12.2. The van der Waals surface area contributed by atoms with E-state index < -0.39 is 5.97 Å². The van der Waals surface area contributed by atoms with E-state index in [1.807, 2.05) is 24.3 Å². The Hall–Kier alpha value is -1.49. The van der Waals surface area contributed by atoms with E-state index in [2.05, 4.69) is 26.1 Å². The fourth-order valence-electron chi connectivity index (χ4n) is 2.65. The molecule has 5 heteroatoms. The average Bonchev–Trinajstić information content (AvgIpc) is 2.89. The molecule has 22 heavy (non-hydrogen) atoms. The van der Waals surface area contributed by atoms with Crippen LogP contribution in [-0.4, -0.2) is 21.7 Å². The van der Waals surface area contributed by atoms with Gasteiger partial charge >= 0.3 is 5.97 Å². The molecule has 1 aromatic rings. The van der Waals surface area contributed by atoms with Crippen LogP contribution >= 0.6 is 11.8 Å². The van der Waals surface area contributed by atoms with Crippen molar-refractivity contribution < 1.29 is 14.7 Å². The summed E-state index contributed by atoms with van der Waals surface area (Å²) in [6.45, 7) is 6.48. The number of carboxylic acids is 1. The van der Waals surface area contributed by atoms with Crippen molar-refractivity contribution in [2.24, 2.45) is 11.8 Å². The minimum Gasteiger partial charge on any atom is -0.481 e. The molecule has 1 aliphatic rings. The van der Waals surface area contributed by atoms with Crippen LogP contribution in [0.5, 0.6) is 0 Å². The van der Waals surface area contributed by atoms with E-state index in [9.17, 15) is 9.59 Å². The number of thioether (sulfide) groups is 1. The molecule has 2 N–H and O–H groups in total. The summed E-state index contributed by atoms with van der Waals surface area (Å²) in [5.41, 5.74) is 0.766. The smallest absolute Gasteiger partial charge is 0.306 e. The number of hydrogen-bond acceptors (Lipinski definition) is 3. The maximum Gasteiger partial charge on any atom is 0.306 e. The van der Waals surface area contributed by atoms with Crippen molar-refractivity contribution in [2.75, 3.05) is 5.32 Å². The second-order valence-corrected chi connectivity index (χ2v) is 8.67. The quantitative estimate of drug-likeness (QED) is 0.822. The van der Waals surface area contributed by atoms with Crippen molar-refractivity contribution in [2.45, 2.75) is 49.7 Å². The number of aliphatic carboxylic acids is 1. The van der Waals surface area contributed by atoms with Gasteiger partial charge in [0.1, 0.15) is 0 Å². The third kappa shape index (κ3) is 4.77. The van der Waals surface area contributed by atoms with Gasteiger partial charge in [-0.25, -0.2) is 0 Å². The summed E-state index contributed by atoms with van der Waals surface area (Å²) in [5, 5.41) is 11.9. The lowest BCUT2D eigenvalue weighted by Crippen LogP contribution is -2.21. The minimum absolute atomic E-state index is 0.0695. The summed E-state index contributed by atoms with van der Waals surface area (Å²) in [4.78, 5) is 24.3. The largest absolute Gasteiger partial charge is 0.481 e. The van der Waals surface area contributed by atoms with Gasteiger partial charge in [-0.05, 0) is 43.5 Å². The highest BCUT2D eigenvalue weighted by Gasteiger charge is 2.33. The molecule has 0 heterocycles. The van der Waals surface area contributed by atoms with Crippen LogP contribution < -0.4 is 5.32 Å². The first-order valence-electron chi connectivity index (χ1n) is 7.57. The van der Waals surface area contributed by atoms with Gasteiger partial charge in [-0.1, -0.05) is 20.8 Å². The Morgan fingerprint density at radius 3 is 2.23 bits per heavy atom. The van der Waals surface area contributed by atoms with Gasteiger partial charge in [-0.2, -0.15) is 0 Å². The van der Waals surface area contributed by atoms with Crippen LogP contribution in [0.1, 0.15) is 40.0 Å². The second-order valence-electron chi connectivity index (χ2n) is 6.77. The van der Waals surface area contributed by atoms with Crippen LogP contribution in [0.3, 0.4) is 0 Å². The van der Waals surface area contributed by atoms with Gasteiger partial charge in [0, 0.05) is 21.2 Å². The fraction of sp³-hybridized carbons (Fsp3) is 0.529. The van der Waals surface area contributed by atoms with Gasteiger partial charge in [0.25, 0.3) is 0 Å². The third-order valence-electron chi connectivity index (χ3n) is 3.70. The standard InChI is InChI=1S/C17H23NO3S/c1-17(2,3)22-14-8-6-13(7-9-14)18-15(19)11-4-5-12(10-11)16(20)21/h6-9,11-12H,4-5,10H2,1-3H3,(H,18,19)(H,20,21)/t11-,12+/m1/s1. The minimum atomic E-state index is -0.793. The van der Waals surface area contributed by atoms with E-state index in [0.29, 0.717) is 19.3 Å². The van der Waals surface area contributed by atoms with Crippen LogP contribution in [-0.2, 0) is 9.59 Å². The predicted molar refractivity (Wildman–Crippen MR) is 89.1 cm³/mol. The van der Waals surface area contributed by atoms with Crippen molar-refractivity contribution in [3.05, 3.63) is 24.3 Å². The summed E-state index contributed by atoms with van der Waals surface area (Å²) >= 11 is 1.78. The Balaban J connectivity index is 1.91. The first-order chi connectivity index (χ1) is 10.2. The lowest BCUT2D eigenvalue weighted by Gasteiger charge is -2.17. The number of carbonyl (C=O) groups excluding carboxylic acids is 1. The summed E-state index contributed by atoms with van der Waals surface area (Å²) in [7, 11) is 0. The Kier molecular flexibility index (Phi) is 5.16. The van der Waals surface area contributed by atoms with Crippen LogP contribution in [0.2, 0.25) is 0 Å². The molecule has 0 spiro atoms. The number of carbonyl (C=O) groups is 2. The molecule has 0 unspecified atom stereocenters. The van der Waals surface area contributed by atoms with Gasteiger partial charge < -0.3 is 10.4 Å². The van der Waals surface area contributed by atoms with E-state index in [1.165, 1.54) is 0 Å². The predicted octanol–water partition coefficient (Wildman–Crippen LogP) is 4.02. The van der Waals surface area contributed by atoms with E-state index in [1.54, 1.807) is 11.8 Å². The van der Waals surface area contributed by atoms with Gasteiger partial charge in [0.05, 0.1) is 5.92 Å². The van der Waals surface area contributed by atoms with Gasteiger partial charge in [-0.3, -0.25) is 9.59 Å². The van der Waals surface area contributed by atoms with Crippen LogP contribution in [0.15, 0.2) is 29.2 Å². The number of hydrogen-bond donors (Lipinski definition) is 2. The van der Waals surface area contributed by atoms with E-state index in [0.717, 1.165) is 10.6 Å². The maximum absolute atomic E-state index is 12.2. The Labute approximate surface area is 135 Å². The van der Waals surface area contributed by atoms with Crippen molar-refractivity contribution in [3.63, 3.8) is 0 Å². The molecular weight excluding hydrogens is 298 g/mol. The first kappa shape index (κ1) is 16.9. The normalized spacial score (nSPS) is 21.6. The van der Waals surface area contributed by atoms with Crippen molar-refractivity contribution in [3.8, 4) is 0 Å². The van der Waals surface area contributed by atoms with Gasteiger partial charge in [0.15, 0.2) is 0 Å².